The second kappa shape index (κ2) is 3.85. The average molecular weight is 180 g/mol. The summed E-state index contributed by atoms with van der Waals surface area (Å²) in [5, 5.41) is 8.31. The van der Waals surface area contributed by atoms with Crippen molar-refractivity contribution in [2.45, 2.75) is 6.92 Å². The highest BCUT2D eigenvalue weighted by atomic mass is 19.1. The van der Waals surface area contributed by atoms with Crippen LogP contribution >= 0.6 is 0 Å². The quantitative estimate of drug-likeness (QED) is 0.708. The van der Waals surface area contributed by atoms with E-state index in [1.807, 2.05) is 0 Å². The fraction of sp³-hybridized carbons (Fsp3) is 0.100. The maximum absolute atomic E-state index is 13.1. The number of carboxylic acids is 1. The molecule has 1 rings (SSSR count). The van der Waals surface area contributed by atoms with Crippen molar-refractivity contribution in [3.63, 3.8) is 0 Å². The first kappa shape index (κ1) is 9.45. The zero-order chi connectivity index (χ0) is 9.84. The lowest BCUT2D eigenvalue weighted by Crippen LogP contribution is -1.88. The Morgan fingerprint density at radius 2 is 2.23 bits per heavy atom. The molecular formula is C10H9FO2. The predicted molar refractivity (Wildman–Crippen MR) is 47.8 cm³/mol. The zero-order valence-corrected chi connectivity index (χ0v) is 7.12. The van der Waals surface area contributed by atoms with E-state index < -0.39 is 11.8 Å². The Balaban J connectivity index is 2.96. The van der Waals surface area contributed by atoms with E-state index in [1.165, 1.54) is 12.1 Å². The van der Waals surface area contributed by atoms with Crippen molar-refractivity contribution in [2.75, 3.05) is 0 Å². The van der Waals surface area contributed by atoms with Gasteiger partial charge < -0.3 is 5.11 Å². The number of carbonyl (C=O) groups is 1. The molecule has 0 fully saturated rings. The van der Waals surface area contributed by atoms with Gasteiger partial charge in [-0.25, -0.2) is 9.18 Å². The summed E-state index contributed by atoms with van der Waals surface area (Å²) in [6, 6.07) is 4.64. The van der Waals surface area contributed by atoms with Crippen LogP contribution in [0.15, 0.2) is 24.3 Å². The molecule has 0 aliphatic carbocycles. The summed E-state index contributed by atoms with van der Waals surface area (Å²) in [4.78, 5) is 10.1. The third kappa shape index (κ3) is 2.71. The number of rotatable bonds is 2. The van der Waals surface area contributed by atoms with E-state index in [9.17, 15) is 9.18 Å². The minimum absolute atomic E-state index is 0.285. The minimum Gasteiger partial charge on any atom is -0.478 e. The van der Waals surface area contributed by atoms with Crippen LogP contribution in [0.3, 0.4) is 0 Å². The molecule has 0 aliphatic heterocycles. The van der Waals surface area contributed by atoms with Gasteiger partial charge in [-0.3, -0.25) is 0 Å². The first-order valence-corrected chi connectivity index (χ1v) is 3.77. The summed E-state index contributed by atoms with van der Waals surface area (Å²) in [5.41, 5.74) is 1.10. The molecule has 2 nitrogen and oxygen atoms in total. The van der Waals surface area contributed by atoms with Crippen LogP contribution in [0, 0.1) is 12.7 Å². The third-order valence-electron chi connectivity index (χ3n) is 1.56. The highest BCUT2D eigenvalue weighted by molar-refractivity contribution is 5.85. The molecule has 0 spiro atoms. The predicted octanol–water partition coefficient (Wildman–Crippen LogP) is 2.23. The standard InChI is InChI=1S/C10H9FO2/c1-7-2-3-8(9(11)6-7)4-5-10(12)13/h2-6H,1H3,(H,12,13). The number of aryl methyl sites for hydroxylation is 1. The Hall–Kier alpha value is -1.64. The van der Waals surface area contributed by atoms with Gasteiger partial charge in [0.15, 0.2) is 0 Å². The normalized spacial score (nSPS) is 10.6. The largest absolute Gasteiger partial charge is 0.478 e. The number of hydrogen-bond acceptors (Lipinski definition) is 1. The lowest BCUT2D eigenvalue weighted by Gasteiger charge is -1.97. The Bertz CT molecular complexity index is 356. The third-order valence-corrected chi connectivity index (χ3v) is 1.56. The molecule has 0 amide bonds. The van der Waals surface area contributed by atoms with Crippen molar-refractivity contribution in [3.05, 3.63) is 41.2 Å². The van der Waals surface area contributed by atoms with Gasteiger partial charge >= 0.3 is 5.97 Å². The van der Waals surface area contributed by atoms with Crippen LogP contribution in [0.1, 0.15) is 11.1 Å². The second-order valence-electron chi connectivity index (χ2n) is 2.70. The molecule has 3 heteroatoms. The van der Waals surface area contributed by atoms with E-state index in [2.05, 4.69) is 0 Å². The van der Waals surface area contributed by atoms with Gasteiger partial charge in [0.05, 0.1) is 0 Å². The lowest BCUT2D eigenvalue weighted by atomic mass is 10.1. The molecule has 0 heterocycles. The van der Waals surface area contributed by atoms with Gasteiger partial charge in [-0.15, -0.1) is 0 Å². The van der Waals surface area contributed by atoms with Crippen molar-refractivity contribution in [1.82, 2.24) is 0 Å². The molecule has 68 valence electrons. The molecule has 0 aliphatic rings. The van der Waals surface area contributed by atoms with Crippen molar-refractivity contribution in [1.29, 1.82) is 0 Å². The summed E-state index contributed by atoms with van der Waals surface area (Å²) in [5.74, 6) is -1.49. The summed E-state index contributed by atoms with van der Waals surface area (Å²) < 4.78 is 13.1. The average Bonchev–Trinajstić information content (AvgIpc) is 2.02. The van der Waals surface area contributed by atoms with Crippen LogP contribution in [0.5, 0.6) is 0 Å². The van der Waals surface area contributed by atoms with Crippen molar-refractivity contribution >= 4 is 12.0 Å². The molecule has 1 aromatic carbocycles. The van der Waals surface area contributed by atoms with Crippen molar-refractivity contribution in [3.8, 4) is 0 Å². The van der Waals surface area contributed by atoms with Crippen molar-refractivity contribution < 1.29 is 14.3 Å². The smallest absolute Gasteiger partial charge is 0.328 e. The van der Waals surface area contributed by atoms with Crippen LogP contribution in [0.2, 0.25) is 0 Å². The van der Waals surface area contributed by atoms with Crippen molar-refractivity contribution in [2.24, 2.45) is 0 Å². The second-order valence-corrected chi connectivity index (χ2v) is 2.70. The number of aliphatic carboxylic acids is 1. The molecule has 1 aromatic rings. The maximum Gasteiger partial charge on any atom is 0.328 e. The van der Waals surface area contributed by atoms with Gasteiger partial charge in [0, 0.05) is 11.6 Å². The maximum atomic E-state index is 13.1. The molecule has 0 saturated carbocycles. The lowest BCUT2D eigenvalue weighted by molar-refractivity contribution is -0.131. The Kier molecular flexibility index (Phi) is 2.80. The molecule has 0 aromatic heterocycles. The van der Waals surface area contributed by atoms with Gasteiger partial charge in [0.2, 0.25) is 0 Å². The molecule has 0 atom stereocenters. The summed E-state index contributed by atoms with van der Waals surface area (Å²) in [6.07, 6.45) is 2.14. The monoisotopic (exact) mass is 180 g/mol. The summed E-state index contributed by atoms with van der Waals surface area (Å²) in [6.45, 7) is 1.77. The molecule has 0 radical (unpaired) electrons. The Morgan fingerprint density at radius 1 is 1.54 bits per heavy atom. The van der Waals surface area contributed by atoms with Gasteiger partial charge in [0.25, 0.3) is 0 Å². The molecule has 0 unspecified atom stereocenters. The number of halogens is 1. The van der Waals surface area contributed by atoms with E-state index in [4.69, 9.17) is 5.11 Å². The number of carboxylic acid groups (broad SMARTS) is 1. The summed E-state index contributed by atoms with van der Waals surface area (Å²) >= 11 is 0. The highest BCUT2D eigenvalue weighted by Gasteiger charge is 1.98. The highest BCUT2D eigenvalue weighted by Crippen LogP contribution is 2.11. The van der Waals surface area contributed by atoms with E-state index >= 15 is 0 Å². The van der Waals surface area contributed by atoms with E-state index in [0.717, 1.165) is 11.6 Å². The van der Waals surface area contributed by atoms with Gasteiger partial charge in [-0.2, -0.15) is 0 Å². The fourth-order valence-corrected chi connectivity index (χ4v) is 0.928. The van der Waals surface area contributed by atoms with Crippen LogP contribution in [-0.4, -0.2) is 11.1 Å². The summed E-state index contributed by atoms with van der Waals surface area (Å²) in [7, 11) is 0. The van der Waals surface area contributed by atoms with Gasteiger partial charge in [0.1, 0.15) is 5.82 Å². The Morgan fingerprint density at radius 3 is 2.77 bits per heavy atom. The molecule has 0 saturated heterocycles. The van der Waals surface area contributed by atoms with Crippen LogP contribution < -0.4 is 0 Å². The van der Waals surface area contributed by atoms with Crippen LogP contribution in [0.4, 0.5) is 4.39 Å². The SMILES string of the molecule is Cc1ccc(C=CC(=O)O)c(F)c1. The topological polar surface area (TPSA) is 37.3 Å². The first-order valence-electron chi connectivity index (χ1n) is 3.77. The zero-order valence-electron chi connectivity index (χ0n) is 7.12. The molecule has 13 heavy (non-hydrogen) atoms. The van der Waals surface area contributed by atoms with E-state index in [0.29, 0.717) is 0 Å². The van der Waals surface area contributed by atoms with Crippen LogP contribution in [-0.2, 0) is 4.79 Å². The number of benzene rings is 1. The van der Waals surface area contributed by atoms with Gasteiger partial charge in [-0.1, -0.05) is 12.1 Å². The molecule has 0 bridgehead atoms. The molecular weight excluding hydrogens is 171 g/mol. The van der Waals surface area contributed by atoms with Gasteiger partial charge in [-0.05, 0) is 24.6 Å². The Labute approximate surface area is 75.3 Å². The van der Waals surface area contributed by atoms with E-state index in [1.54, 1.807) is 19.1 Å². The van der Waals surface area contributed by atoms with E-state index in [-0.39, 0.29) is 5.56 Å². The number of hydrogen-bond donors (Lipinski definition) is 1. The molecule has 1 N–H and O–H groups in total. The first-order chi connectivity index (χ1) is 6.09. The fourth-order valence-electron chi connectivity index (χ4n) is 0.928. The minimum atomic E-state index is -1.08. The van der Waals surface area contributed by atoms with Crippen LogP contribution in [0.25, 0.3) is 6.08 Å².